The zero-order valence-corrected chi connectivity index (χ0v) is 18.2. The molecule has 6 heteroatoms. The van der Waals surface area contributed by atoms with Crippen LogP contribution >= 0.6 is 11.3 Å². The number of carbonyl (C=O) groups excluding carboxylic acids is 2. The topological polar surface area (TPSA) is 74.0 Å². The summed E-state index contributed by atoms with van der Waals surface area (Å²) in [6, 6.07) is 18.7. The lowest BCUT2D eigenvalue weighted by atomic mass is 10.0. The standard InChI is InChI=1S/C25H25N3O2S/c1-2-6-17-10-12-19(13-11-17)27-24(29)22(28-25(30)23-9-5-14-31-23)15-18-16-26-21-8-4-3-7-20(18)21/h3-5,7-14,16,22,26H,2,6,15H2,1H3,(H,27,29)(H,28,30). The Hall–Kier alpha value is -3.38. The van der Waals surface area contributed by atoms with Gasteiger partial charge in [0.05, 0.1) is 4.88 Å². The predicted octanol–water partition coefficient (Wildman–Crippen LogP) is 5.16. The number of aromatic amines is 1. The number of nitrogens with one attached hydrogen (secondary N) is 3. The van der Waals surface area contributed by atoms with Crippen LogP contribution in [0.5, 0.6) is 0 Å². The molecule has 31 heavy (non-hydrogen) atoms. The number of benzene rings is 2. The van der Waals surface area contributed by atoms with Crippen LogP contribution in [0.4, 0.5) is 5.69 Å². The normalized spacial score (nSPS) is 11.9. The summed E-state index contributed by atoms with van der Waals surface area (Å²) < 4.78 is 0. The zero-order valence-electron chi connectivity index (χ0n) is 17.4. The van der Waals surface area contributed by atoms with Crippen molar-refractivity contribution in [2.75, 3.05) is 5.32 Å². The van der Waals surface area contributed by atoms with Crippen molar-refractivity contribution in [1.82, 2.24) is 10.3 Å². The Kier molecular flexibility index (Phi) is 6.48. The van der Waals surface area contributed by atoms with Gasteiger partial charge < -0.3 is 15.6 Å². The lowest BCUT2D eigenvalue weighted by molar-refractivity contribution is -0.118. The third-order valence-corrected chi connectivity index (χ3v) is 6.09. The molecule has 0 aliphatic carbocycles. The molecule has 2 heterocycles. The lowest BCUT2D eigenvalue weighted by Crippen LogP contribution is -2.45. The van der Waals surface area contributed by atoms with E-state index in [1.165, 1.54) is 16.9 Å². The molecular formula is C25H25N3O2S. The molecule has 4 aromatic rings. The van der Waals surface area contributed by atoms with E-state index in [4.69, 9.17) is 0 Å². The van der Waals surface area contributed by atoms with Gasteiger partial charge in [0, 0.05) is 29.2 Å². The Morgan fingerprint density at radius 1 is 1.03 bits per heavy atom. The first-order valence-electron chi connectivity index (χ1n) is 10.4. The van der Waals surface area contributed by atoms with E-state index in [-0.39, 0.29) is 11.8 Å². The highest BCUT2D eigenvalue weighted by molar-refractivity contribution is 7.12. The molecular weight excluding hydrogens is 406 g/mol. The number of H-pyrrole nitrogens is 1. The number of aryl methyl sites for hydroxylation is 1. The van der Waals surface area contributed by atoms with Gasteiger partial charge in [0.2, 0.25) is 5.91 Å². The van der Waals surface area contributed by atoms with Gasteiger partial charge >= 0.3 is 0 Å². The average molecular weight is 432 g/mol. The maximum atomic E-state index is 13.2. The first-order valence-corrected chi connectivity index (χ1v) is 11.3. The third kappa shape index (κ3) is 5.03. The number of anilines is 1. The van der Waals surface area contributed by atoms with Gasteiger partial charge in [-0.05, 0) is 47.2 Å². The van der Waals surface area contributed by atoms with Crippen LogP contribution < -0.4 is 10.6 Å². The fraction of sp³-hybridized carbons (Fsp3) is 0.200. The molecule has 0 spiro atoms. The molecule has 0 saturated heterocycles. The fourth-order valence-corrected chi connectivity index (χ4v) is 4.27. The van der Waals surface area contributed by atoms with Crippen molar-refractivity contribution >= 4 is 39.7 Å². The van der Waals surface area contributed by atoms with Crippen molar-refractivity contribution < 1.29 is 9.59 Å². The smallest absolute Gasteiger partial charge is 0.262 e. The Bertz CT molecular complexity index is 1160. The third-order valence-electron chi connectivity index (χ3n) is 5.23. The molecule has 5 nitrogen and oxygen atoms in total. The van der Waals surface area contributed by atoms with Crippen molar-refractivity contribution in [3.8, 4) is 0 Å². The second-order valence-corrected chi connectivity index (χ2v) is 8.45. The van der Waals surface area contributed by atoms with Gasteiger partial charge in [0.1, 0.15) is 6.04 Å². The summed E-state index contributed by atoms with van der Waals surface area (Å²) in [5.41, 5.74) is 3.95. The van der Waals surface area contributed by atoms with E-state index in [0.717, 1.165) is 35.0 Å². The molecule has 0 radical (unpaired) electrons. The maximum absolute atomic E-state index is 13.2. The van der Waals surface area contributed by atoms with Crippen molar-refractivity contribution in [1.29, 1.82) is 0 Å². The number of rotatable bonds is 8. The van der Waals surface area contributed by atoms with Crippen LogP contribution in [-0.2, 0) is 17.6 Å². The number of hydrogen-bond acceptors (Lipinski definition) is 3. The molecule has 2 amide bonds. The summed E-state index contributed by atoms with van der Waals surface area (Å²) in [6.45, 7) is 2.14. The number of fused-ring (bicyclic) bond motifs is 1. The van der Waals surface area contributed by atoms with E-state index in [1.807, 2.05) is 66.2 Å². The number of carbonyl (C=O) groups is 2. The molecule has 0 fully saturated rings. The molecule has 0 aliphatic rings. The van der Waals surface area contributed by atoms with Gasteiger partial charge in [-0.1, -0.05) is 49.7 Å². The van der Waals surface area contributed by atoms with Gasteiger partial charge in [0.25, 0.3) is 5.91 Å². The summed E-state index contributed by atoms with van der Waals surface area (Å²) in [5, 5.41) is 8.78. The van der Waals surface area contributed by atoms with E-state index >= 15 is 0 Å². The van der Waals surface area contributed by atoms with E-state index in [1.54, 1.807) is 6.07 Å². The van der Waals surface area contributed by atoms with E-state index < -0.39 is 6.04 Å². The summed E-state index contributed by atoms with van der Waals surface area (Å²) in [4.78, 5) is 29.7. The van der Waals surface area contributed by atoms with Gasteiger partial charge in [0.15, 0.2) is 0 Å². The molecule has 2 aromatic heterocycles. The summed E-state index contributed by atoms with van der Waals surface area (Å²) >= 11 is 1.36. The fourth-order valence-electron chi connectivity index (χ4n) is 3.64. The highest BCUT2D eigenvalue weighted by atomic mass is 32.1. The predicted molar refractivity (Wildman–Crippen MR) is 127 cm³/mol. The zero-order chi connectivity index (χ0) is 21.6. The molecule has 1 atom stereocenters. The van der Waals surface area contributed by atoms with Crippen LogP contribution in [0.25, 0.3) is 10.9 Å². The SMILES string of the molecule is CCCc1ccc(NC(=O)C(Cc2c[nH]c3ccccc23)NC(=O)c2cccs2)cc1. The van der Waals surface area contributed by atoms with Crippen LogP contribution in [0.2, 0.25) is 0 Å². The Labute approximate surface area is 185 Å². The number of para-hydroxylation sites is 1. The molecule has 3 N–H and O–H groups in total. The number of thiophene rings is 1. The molecule has 158 valence electrons. The first-order chi connectivity index (χ1) is 15.1. The number of amides is 2. The van der Waals surface area contributed by atoms with E-state index in [2.05, 4.69) is 22.5 Å². The van der Waals surface area contributed by atoms with Crippen LogP contribution in [0.15, 0.2) is 72.2 Å². The summed E-state index contributed by atoms with van der Waals surface area (Å²) in [7, 11) is 0. The van der Waals surface area contributed by atoms with Gasteiger partial charge in [-0.2, -0.15) is 0 Å². The Balaban J connectivity index is 1.54. The molecule has 0 bridgehead atoms. The first kappa shape index (κ1) is 20.9. The number of hydrogen-bond donors (Lipinski definition) is 3. The van der Waals surface area contributed by atoms with Crippen molar-refractivity contribution in [2.24, 2.45) is 0 Å². The minimum Gasteiger partial charge on any atom is -0.361 e. The maximum Gasteiger partial charge on any atom is 0.262 e. The highest BCUT2D eigenvalue weighted by Gasteiger charge is 2.24. The van der Waals surface area contributed by atoms with Crippen LogP contribution in [0, 0.1) is 0 Å². The average Bonchev–Trinajstić information content (AvgIpc) is 3.45. The molecule has 0 aliphatic heterocycles. The van der Waals surface area contributed by atoms with Gasteiger partial charge in [-0.3, -0.25) is 9.59 Å². The molecule has 2 aromatic carbocycles. The van der Waals surface area contributed by atoms with Gasteiger partial charge in [-0.15, -0.1) is 11.3 Å². The highest BCUT2D eigenvalue weighted by Crippen LogP contribution is 2.20. The molecule has 4 rings (SSSR count). The summed E-state index contributed by atoms with van der Waals surface area (Å²) in [6.07, 6.45) is 4.38. The Morgan fingerprint density at radius 3 is 2.58 bits per heavy atom. The quantitative estimate of drug-likeness (QED) is 0.360. The van der Waals surface area contributed by atoms with Crippen molar-refractivity contribution in [3.63, 3.8) is 0 Å². The number of aromatic nitrogens is 1. The minimum atomic E-state index is -0.705. The van der Waals surface area contributed by atoms with Crippen LogP contribution in [0.3, 0.4) is 0 Å². The van der Waals surface area contributed by atoms with Crippen LogP contribution in [0.1, 0.15) is 34.1 Å². The second kappa shape index (κ2) is 9.62. The van der Waals surface area contributed by atoms with Crippen LogP contribution in [-0.4, -0.2) is 22.8 Å². The van der Waals surface area contributed by atoms with Gasteiger partial charge in [-0.25, -0.2) is 0 Å². The Morgan fingerprint density at radius 2 is 1.84 bits per heavy atom. The van der Waals surface area contributed by atoms with E-state index in [9.17, 15) is 9.59 Å². The second-order valence-electron chi connectivity index (χ2n) is 7.50. The largest absolute Gasteiger partial charge is 0.361 e. The minimum absolute atomic E-state index is 0.238. The molecule has 1 unspecified atom stereocenters. The van der Waals surface area contributed by atoms with Crippen molar-refractivity contribution in [3.05, 3.63) is 88.2 Å². The summed E-state index contributed by atoms with van der Waals surface area (Å²) in [5.74, 6) is -0.480. The van der Waals surface area contributed by atoms with Crippen molar-refractivity contribution in [2.45, 2.75) is 32.2 Å². The molecule has 0 saturated carbocycles. The monoisotopic (exact) mass is 431 g/mol. The lowest BCUT2D eigenvalue weighted by Gasteiger charge is -2.18. The van der Waals surface area contributed by atoms with E-state index in [0.29, 0.717) is 11.3 Å².